The Morgan fingerprint density at radius 1 is 1.43 bits per heavy atom. The minimum atomic E-state index is -0.757. The maximum Gasteiger partial charge on any atom is 0.310 e. The molecule has 2 heteroatoms. The number of hydrogen-bond acceptors (Lipinski definition) is 1. The first-order valence-electron chi connectivity index (χ1n) is 4.71. The van der Waals surface area contributed by atoms with Gasteiger partial charge in [-0.1, -0.05) is 30.3 Å². The van der Waals surface area contributed by atoms with E-state index in [9.17, 15) is 4.79 Å². The van der Waals surface area contributed by atoms with Crippen LogP contribution < -0.4 is 0 Å². The average molecular weight is 188 g/mol. The van der Waals surface area contributed by atoms with Crippen LogP contribution in [0.5, 0.6) is 0 Å². The van der Waals surface area contributed by atoms with Crippen molar-refractivity contribution in [2.45, 2.75) is 13.3 Å². The number of allylic oxidation sites excluding steroid dienone is 1. The number of benzene rings is 1. The lowest BCUT2D eigenvalue weighted by Gasteiger charge is -2.09. The molecule has 0 spiro atoms. The first-order chi connectivity index (χ1) is 6.70. The molecular formula is C12H12O2. The molecule has 1 aromatic carbocycles. The molecule has 0 heterocycles. The highest BCUT2D eigenvalue weighted by Gasteiger charge is 2.22. The molecule has 0 aromatic heterocycles. The van der Waals surface area contributed by atoms with Gasteiger partial charge in [-0.15, -0.1) is 0 Å². The second-order valence-corrected chi connectivity index (χ2v) is 3.58. The predicted molar refractivity (Wildman–Crippen MR) is 54.9 cm³/mol. The summed E-state index contributed by atoms with van der Waals surface area (Å²) in [5.74, 6) is -1.16. The lowest BCUT2D eigenvalue weighted by molar-refractivity contribution is -0.139. The summed E-state index contributed by atoms with van der Waals surface area (Å²) >= 11 is 0. The van der Waals surface area contributed by atoms with Crippen molar-refractivity contribution in [3.05, 3.63) is 41.5 Å². The monoisotopic (exact) mass is 188 g/mol. The number of aliphatic carboxylic acids is 1. The van der Waals surface area contributed by atoms with Gasteiger partial charge in [-0.05, 0) is 30.0 Å². The van der Waals surface area contributed by atoms with Gasteiger partial charge < -0.3 is 5.11 Å². The van der Waals surface area contributed by atoms with Crippen molar-refractivity contribution in [3.8, 4) is 0 Å². The quantitative estimate of drug-likeness (QED) is 0.773. The minimum absolute atomic E-state index is 0.404. The van der Waals surface area contributed by atoms with Crippen molar-refractivity contribution in [1.82, 2.24) is 0 Å². The van der Waals surface area contributed by atoms with E-state index in [0.717, 1.165) is 17.6 Å². The highest BCUT2D eigenvalue weighted by atomic mass is 16.4. The van der Waals surface area contributed by atoms with Gasteiger partial charge in [0.15, 0.2) is 0 Å². The Kier molecular flexibility index (Phi) is 2.12. The summed E-state index contributed by atoms with van der Waals surface area (Å²) in [7, 11) is 0. The van der Waals surface area contributed by atoms with Crippen molar-refractivity contribution < 1.29 is 9.90 Å². The standard InChI is InChI=1S/C12H12O2/c1-8(12(13)14)10-7-6-9-4-2-3-5-11(9)10/h2-5,7-8H,6H2,1H3,(H,13,14). The van der Waals surface area contributed by atoms with Crippen LogP contribution in [0.2, 0.25) is 0 Å². The van der Waals surface area contributed by atoms with Crippen molar-refractivity contribution >= 4 is 11.5 Å². The van der Waals surface area contributed by atoms with Crippen LogP contribution in [0.1, 0.15) is 18.1 Å². The maximum atomic E-state index is 10.9. The average Bonchev–Trinajstić information content (AvgIpc) is 2.60. The van der Waals surface area contributed by atoms with Gasteiger partial charge in [0.25, 0.3) is 0 Å². The molecule has 0 bridgehead atoms. The first kappa shape index (κ1) is 9.00. The second-order valence-electron chi connectivity index (χ2n) is 3.58. The molecule has 2 nitrogen and oxygen atoms in total. The lowest BCUT2D eigenvalue weighted by Crippen LogP contribution is -2.10. The van der Waals surface area contributed by atoms with E-state index >= 15 is 0 Å². The summed E-state index contributed by atoms with van der Waals surface area (Å²) < 4.78 is 0. The van der Waals surface area contributed by atoms with Crippen LogP contribution in [0.25, 0.3) is 5.57 Å². The Hall–Kier alpha value is -1.57. The normalized spacial score (nSPS) is 15.9. The molecule has 14 heavy (non-hydrogen) atoms. The van der Waals surface area contributed by atoms with E-state index in [1.165, 1.54) is 5.56 Å². The number of rotatable bonds is 2. The molecule has 0 saturated carbocycles. The van der Waals surface area contributed by atoms with Crippen molar-refractivity contribution in [3.63, 3.8) is 0 Å². The van der Waals surface area contributed by atoms with Crippen LogP contribution in [0.4, 0.5) is 0 Å². The van der Waals surface area contributed by atoms with Crippen LogP contribution in [-0.2, 0) is 11.2 Å². The van der Waals surface area contributed by atoms with E-state index < -0.39 is 11.9 Å². The van der Waals surface area contributed by atoms with Crippen LogP contribution in [0.3, 0.4) is 0 Å². The molecule has 0 fully saturated rings. The molecule has 2 rings (SSSR count). The molecule has 0 saturated heterocycles. The predicted octanol–water partition coefficient (Wildman–Crippen LogP) is 2.35. The molecule has 1 N–H and O–H groups in total. The highest BCUT2D eigenvalue weighted by Crippen LogP contribution is 2.32. The third kappa shape index (κ3) is 1.33. The van der Waals surface area contributed by atoms with Crippen molar-refractivity contribution in [2.75, 3.05) is 0 Å². The largest absolute Gasteiger partial charge is 0.481 e. The molecule has 72 valence electrons. The molecule has 1 unspecified atom stereocenters. The first-order valence-corrected chi connectivity index (χ1v) is 4.71. The van der Waals surface area contributed by atoms with Crippen LogP contribution in [0, 0.1) is 5.92 Å². The molecular weight excluding hydrogens is 176 g/mol. The van der Waals surface area contributed by atoms with Crippen LogP contribution >= 0.6 is 0 Å². The SMILES string of the molecule is CC(C(=O)O)C1=CCc2ccccc21. The molecule has 1 aromatic rings. The molecule has 0 amide bonds. The van der Waals surface area contributed by atoms with Gasteiger partial charge in [-0.25, -0.2) is 0 Å². The Morgan fingerprint density at radius 3 is 2.86 bits per heavy atom. The van der Waals surface area contributed by atoms with Gasteiger partial charge in [0.1, 0.15) is 0 Å². The Morgan fingerprint density at radius 2 is 2.14 bits per heavy atom. The van der Waals surface area contributed by atoms with E-state index in [4.69, 9.17) is 5.11 Å². The summed E-state index contributed by atoms with van der Waals surface area (Å²) in [5.41, 5.74) is 3.28. The summed E-state index contributed by atoms with van der Waals surface area (Å²) in [6, 6.07) is 7.98. The Bertz CT molecular complexity index is 405. The second kappa shape index (κ2) is 3.29. The van der Waals surface area contributed by atoms with Gasteiger partial charge in [-0.2, -0.15) is 0 Å². The topological polar surface area (TPSA) is 37.3 Å². The Balaban J connectivity index is 2.38. The van der Waals surface area contributed by atoms with Crippen LogP contribution in [0.15, 0.2) is 30.3 Å². The smallest absolute Gasteiger partial charge is 0.310 e. The Labute approximate surface area is 82.9 Å². The lowest BCUT2D eigenvalue weighted by atomic mass is 9.96. The van der Waals surface area contributed by atoms with E-state index in [0.29, 0.717) is 0 Å². The van der Waals surface area contributed by atoms with E-state index in [-0.39, 0.29) is 0 Å². The fourth-order valence-corrected chi connectivity index (χ4v) is 1.85. The number of fused-ring (bicyclic) bond motifs is 1. The van der Waals surface area contributed by atoms with Crippen molar-refractivity contribution in [2.24, 2.45) is 5.92 Å². The zero-order chi connectivity index (χ0) is 10.1. The zero-order valence-electron chi connectivity index (χ0n) is 8.03. The van der Waals surface area contributed by atoms with E-state index in [2.05, 4.69) is 0 Å². The number of carbonyl (C=O) groups is 1. The maximum absolute atomic E-state index is 10.9. The third-order valence-electron chi connectivity index (χ3n) is 2.71. The third-order valence-corrected chi connectivity index (χ3v) is 2.71. The zero-order valence-corrected chi connectivity index (χ0v) is 8.03. The summed E-state index contributed by atoms with van der Waals surface area (Å²) in [6.45, 7) is 1.73. The molecule has 1 aliphatic carbocycles. The van der Waals surface area contributed by atoms with Crippen molar-refractivity contribution in [1.29, 1.82) is 0 Å². The van der Waals surface area contributed by atoms with Gasteiger partial charge in [0.2, 0.25) is 0 Å². The summed E-state index contributed by atoms with van der Waals surface area (Å²) in [4.78, 5) is 10.9. The fourth-order valence-electron chi connectivity index (χ4n) is 1.85. The van der Waals surface area contributed by atoms with Gasteiger partial charge >= 0.3 is 5.97 Å². The van der Waals surface area contributed by atoms with Gasteiger partial charge in [-0.3, -0.25) is 4.79 Å². The molecule has 1 aliphatic rings. The minimum Gasteiger partial charge on any atom is -0.481 e. The highest BCUT2D eigenvalue weighted by molar-refractivity contribution is 5.89. The number of hydrogen-bond donors (Lipinski definition) is 1. The fraction of sp³-hybridized carbons (Fsp3) is 0.250. The van der Waals surface area contributed by atoms with Gasteiger partial charge in [0.05, 0.1) is 5.92 Å². The molecule has 1 atom stereocenters. The molecule has 0 aliphatic heterocycles. The summed E-state index contributed by atoms with van der Waals surface area (Å²) in [6.07, 6.45) is 2.88. The number of carboxylic acids is 1. The van der Waals surface area contributed by atoms with E-state index in [1.54, 1.807) is 6.92 Å². The van der Waals surface area contributed by atoms with Gasteiger partial charge in [0, 0.05) is 0 Å². The van der Waals surface area contributed by atoms with Crippen LogP contribution in [-0.4, -0.2) is 11.1 Å². The van der Waals surface area contributed by atoms with E-state index in [1.807, 2.05) is 30.3 Å². The summed E-state index contributed by atoms with van der Waals surface area (Å²) in [5, 5.41) is 8.93. The number of carboxylic acid groups (broad SMARTS) is 1. The molecule has 0 radical (unpaired) electrons.